The first-order valence-corrected chi connectivity index (χ1v) is 13.4. The van der Waals surface area contributed by atoms with E-state index in [1.165, 1.54) is 7.05 Å². The molecule has 1 unspecified atom stereocenters. The fourth-order valence-electron chi connectivity index (χ4n) is 2.68. The summed E-state index contributed by atoms with van der Waals surface area (Å²) in [6, 6.07) is -0.700. The average Bonchev–Trinajstić information content (AvgIpc) is 2.74. The lowest BCUT2D eigenvalue weighted by Gasteiger charge is -2.30. The highest BCUT2D eigenvalue weighted by Gasteiger charge is 2.25. The number of nitrogens with zero attached hydrogens (tertiary/aromatic N) is 1. The Morgan fingerprint density at radius 3 is 2.06 bits per heavy atom. The summed E-state index contributed by atoms with van der Waals surface area (Å²) in [6.45, 7) is 11.4. The number of quaternary nitrogens is 1. The summed E-state index contributed by atoms with van der Waals surface area (Å²) in [5.41, 5.74) is 9.37. The number of hydrogen-bond donors (Lipinski definition) is 4. The van der Waals surface area contributed by atoms with Crippen LogP contribution in [0.4, 0.5) is 4.79 Å². The van der Waals surface area contributed by atoms with Crippen molar-refractivity contribution in [2.75, 3.05) is 60.2 Å². The van der Waals surface area contributed by atoms with E-state index in [0.717, 1.165) is 13.5 Å². The fraction of sp³-hybridized carbons (Fsp3) is 0.909. The predicted molar refractivity (Wildman–Crippen MR) is 138 cm³/mol. The van der Waals surface area contributed by atoms with Gasteiger partial charge < -0.3 is 31.3 Å². The molecule has 0 bridgehead atoms. The second-order valence-electron chi connectivity index (χ2n) is 8.94. The van der Waals surface area contributed by atoms with E-state index in [9.17, 15) is 18.0 Å². The van der Waals surface area contributed by atoms with Gasteiger partial charge in [-0.3, -0.25) is 8.98 Å². The molecule has 0 heterocycles. The number of carbonyl (C=O) groups excluding carboxylic acids is 2. The van der Waals surface area contributed by atoms with E-state index in [1.807, 2.05) is 27.9 Å². The van der Waals surface area contributed by atoms with Gasteiger partial charge in [0.25, 0.3) is 10.1 Å². The molecule has 0 rings (SSSR count). The number of hydrogen-bond acceptors (Lipinski definition) is 8. The van der Waals surface area contributed by atoms with Crippen molar-refractivity contribution < 1.29 is 31.4 Å². The van der Waals surface area contributed by atoms with Crippen LogP contribution in [0.3, 0.4) is 0 Å². The molecule has 11 nitrogen and oxygen atoms in total. The van der Waals surface area contributed by atoms with E-state index < -0.39 is 27.9 Å². The number of rotatable bonds is 14. The van der Waals surface area contributed by atoms with Gasteiger partial charge in [-0.15, -0.1) is 0 Å². The van der Waals surface area contributed by atoms with Gasteiger partial charge in [-0.2, -0.15) is 8.42 Å². The zero-order chi connectivity index (χ0) is 27.4. The topological polar surface area (TPSA) is 163 Å². The monoisotopic (exact) mass is 514 g/mol. The average molecular weight is 515 g/mol. The molecule has 2 amide bonds. The first-order valence-electron chi connectivity index (χ1n) is 11.9. The van der Waals surface area contributed by atoms with Crippen molar-refractivity contribution in [3.05, 3.63) is 0 Å². The Bertz CT molecular complexity index is 636. The lowest BCUT2D eigenvalue weighted by Crippen LogP contribution is -2.51. The minimum atomic E-state index is -3.46. The van der Waals surface area contributed by atoms with Gasteiger partial charge in [0.05, 0.1) is 46.6 Å². The minimum Gasteiger partial charge on any atom is -0.444 e. The van der Waals surface area contributed by atoms with E-state index in [4.69, 9.17) is 10.5 Å². The molecule has 0 aliphatic heterocycles. The second kappa shape index (κ2) is 19.8. The molecule has 206 valence electrons. The van der Waals surface area contributed by atoms with E-state index in [0.29, 0.717) is 49.9 Å². The number of alkyl carbamates (subject to hydrolysis) is 1. The summed E-state index contributed by atoms with van der Waals surface area (Å²) in [6.07, 6.45) is 1.76. The quantitative estimate of drug-likeness (QED) is 0.152. The summed E-state index contributed by atoms with van der Waals surface area (Å²) >= 11 is 0. The first-order chi connectivity index (χ1) is 15.7. The lowest BCUT2D eigenvalue weighted by atomic mass is 10.1. The van der Waals surface area contributed by atoms with Crippen molar-refractivity contribution in [2.45, 2.75) is 71.9 Å². The molecule has 0 saturated heterocycles. The van der Waals surface area contributed by atoms with Crippen LogP contribution in [0.15, 0.2) is 0 Å². The maximum atomic E-state index is 12.6. The van der Waals surface area contributed by atoms with Gasteiger partial charge in [0.2, 0.25) is 5.91 Å². The third kappa shape index (κ3) is 22.3. The van der Waals surface area contributed by atoms with E-state index in [-0.39, 0.29) is 11.7 Å². The summed E-state index contributed by atoms with van der Waals surface area (Å²) in [4.78, 5) is 24.7. The SMILES string of the molecule is CC.CN.COS(=O)(=O)CCC[N+](C)(C)CCNC(=O)C(CCCCN)NC(=O)OC(C)(C)C. The van der Waals surface area contributed by atoms with Crippen molar-refractivity contribution in [3.63, 3.8) is 0 Å². The maximum absolute atomic E-state index is 12.6. The summed E-state index contributed by atoms with van der Waals surface area (Å²) in [7, 11) is 3.11. The molecule has 12 heteroatoms. The van der Waals surface area contributed by atoms with Crippen molar-refractivity contribution in [1.29, 1.82) is 0 Å². The van der Waals surface area contributed by atoms with E-state index in [1.54, 1.807) is 20.8 Å². The predicted octanol–water partition coefficient (Wildman–Crippen LogP) is 1.17. The Kier molecular flexibility index (Phi) is 21.6. The Balaban J connectivity index is -0.00000227. The van der Waals surface area contributed by atoms with Crippen molar-refractivity contribution >= 4 is 22.1 Å². The highest BCUT2D eigenvalue weighted by atomic mass is 32.2. The first kappa shape index (κ1) is 37.1. The van der Waals surface area contributed by atoms with Gasteiger partial charge in [-0.25, -0.2) is 4.79 Å². The van der Waals surface area contributed by atoms with Crippen LogP contribution in [0, 0.1) is 0 Å². The Hall–Kier alpha value is -1.47. The molecular formula is C22H52N5O6S+. The normalized spacial score (nSPS) is 12.3. The summed E-state index contributed by atoms with van der Waals surface area (Å²) in [5, 5.41) is 5.49. The van der Waals surface area contributed by atoms with E-state index in [2.05, 4.69) is 20.6 Å². The maximum Gasteiger partial charge on any atom is 0.408 e. The van der Waals surface area contributed by atoms with Gasteiger partial charge in [0.1, 0.15) is 11.6 Å². The third-order valence-electron chi connectivity index (χ3n) is 4.38. The minimum absolute atomic E-state index is 0.0411. The molecule has 0 aliphatic carbocycles. The van der Waals surface area contributed by atoms with Gasteiger partial charge in [0, 0.05) is 6.42 Å². The summed E-state index contributed by atoms with van der Waals surface area (Å²) in [5.74, 6) is -0.319. The standard InChI is InChI=1S/C19H40N4O6S.C2H6.CH5N/c1-19(2,3)29-18(25)22-16(10-7-8-11-20)17(24)21-12-14-23(4,5)13-9-15-30(26,27)28-6;2*1-2/h16H,7-15,20H2,1-6H3,(H-,21,22,24,25);1-2H3;2H2,1H3/p+1. The van der Waals surface area contributed by atoms with Gasteiger partial charge in [0.15, 0.2) is 0 Å². The van der Waals surface area contributed by atoms with Crippen LogP contribution in [0.25, 0.3) is 0 Å². The fourth-order valence-corrected chi connectivity index (χ4v) is 3.33. The Labute approximate surface area is 208 Å². The molecule has 0 aliphatic rings. The summed E-state index contributed by atoms with van der Waals surface area (Å²) < 4.78 is 33.1. The van der Waals surface area contributed by atoms with Crippen LogP contribution in [0.1, 0.15) is 60.3 Å². The van der Waals surface area contributed by atoms with E-state index >= 15 is 0 Å². The smallest absolute Gasteiger partial charge is 0.408 e. The molecule has 0 aromatic rings. The molecule has 0 aromatic carbocycles. The Morgan fingerprint density at radius 1 is 1.03 bits per heavy atom. The van der Waals surface area contributed by atoms with Crippen LogP contribution in [0.2, 0.25) is 0 Å². The van der Waals surface area contributed by atoms with Crippen LogP contribution in [-0.4, -0.2) is 96.7 Å². The highest BCUT2D eigenvalue weighted by Crippen LogP contribution is 2.08. The number of nitrogens with two attached hydrogens (primary N) is 2. The molecule has 0 saturated carbocycles. The molecule has 6 N–H and O–H groups in total. The highest BCUT2D eigenvalue weighted by molar-refractivity contribution is 7.86. The largest absolute Gasteiger partial charge is 0.444 e. The molecular weight excluding hydrogens is 462 g/mol. The molecule has 0 aromatic heterocycles. The second-order valence-corrected chi connectivity index (χ2v) is 10.8. The number of nitrogens with one attached hydrogen (secondary N) is 2. The zero-order valence-electron chi connectivity index (χ0n) is 22.9. The van der Waals surface area contributed by atoms with Gasteiger partial charge in [-0.05, 0) is 53.6 Å². The van der Waals surface area contributed by atoms with Crippen LogP contribution < -0.4 is 22.1 Å². The van der Waals surface area contributed by atoms with Crippen LogP contribution in [-0.2, 0) is 23.8 Å². The lowest BCUT2D eigenvalue weighted by molar-refractivity contribution is -0.889. The molecule has 1 atom stereocenters. The third-order valence-corrected chi connectivity index (χ3v) is 5.68. The number of unbranched alkanes of at least 4 members (excludes halogenated alkanes) is 1. The number of carbonyl (C=O) groups is 2. The van der Waals surface area contributed by atoms with Crippen LogP contribution in [0.5, 0.6) is 0 Å². The van der Waals surface area contributed by atoms with Crippen molar-refractivity contribution in [1.82, 2.24) is 10.6 Å². The number of ether oxygens (including phenoxy) is 1. The molecule has 0 spiro atoms. The number of amides is 2. The van der Waals surface area contributed by atoms with Crippen molar-refractivity contribution in [3.8, 4) is 0 Å². The molecule has 34 heavy (non-hydrogen) atoms. The molecule has 0 fully saturated rings. The Morgan fingerprint density at radius 2 is 1.59 bits per heavy atom. The van der Waals surface area contributed by atoms with Gasteiger partial charge >= 0.3 is 6.09 Å². The molecule has 0 radical (unpaired) electrons. The zero-order valence-corrected chi connectivity index (χ0v) is 23.7. The van der Waals surface area contributed by atoms with Gasteiger partial charge in [-0.1, -0.05) is 13.8 Å². The van der Waals surface area contributed by atoms with Crippen molar-refractivity contribution in [2.24, 2.45) is 11.5 Å². The number of likely N-dealkylation sites (N-methyl/N-ethyl adjacent to an activating group) is 1. The van der Waals surface area contributed by atoms with Crippen LogP contribution >= 0.6 is 0 Å².